The van der Waals surface area contributed by atoms with Crippen molar-refractivity contribution in [3.05, 3.63) is 41.3 Å². The molecule has 1 amide bonds. The summed E-state index contributed by atoms with van der Waals surface area (Å²) >= 11 is 1.38. The van der Waals surface area contributed by atoms with E-state index in [1.807, 2.05) is 0 Å². The second-order valence-electron chi connectivity index (χ2n) is 11.7. The summed E-state index contributed by atoms with van der Waals surface area (Å²) in [5.41, 5.74) is 0.154. The van der Waals surface area contributed by atoms with Gasteiger partial charge in [0.25, 0.3) is 0 Å². The normalized spacial score (nSPS) is 25.4. The summed E-state index contributed by atoms with van der Waals surface area (Å²) < 4.78 is 78.6. The number of nitrogens with zero attached hydrogens (tertiary/aromatic N) is 4. The zero-order chi connectivity index (χ0) is 30.9. The molecule has 2 aromatic heterocycles. The number of benzene rings is 1. The number of hydrogen-bond donors (Lipinski definition) is 2. The summed E-state index contributed by atoms with van der Waals surface area (Å²) in [5.74, 6) is -0.158. The van der Waals surface area contributed by atoms with E-state index in [2.05, 4.69) is 21.9 Å². The number of nitrogens with one attached hydrogen (secondary N) is 2. The number of carbonyl (C=O) groups excluding carboxylic acids is 1. The van der Waals surface area contributed by atoms with Crippen LogP contribution in [0.5, 0.6) is 0 Å². The van der Waals surface area contributed by atoms with Crippen LogP contribution in [0.2, 0.25) is 0 Å². The second kappa shape index (κ2) is 10.6. The maximum absolute atomic E-state index is 16.2. The zero-order valence-corrected chi connectivity index (χ0v) is 26.0. The van der Waals surface area contributed by atoms with E-state index in [0.29, 0.717) is 34.0 Å². The minimum absolute atomic E-state index is 0.0264. The van der Waals surface area contributed by atoms with Crippen molar-refractivity contribution in [2.45, 2.75) is 31.2 Å². The van der Waals surface area contributed by atoms with Crippen LogP contribution < -0.4 is 10.0 Å². The van der Waals surface area contributed by atoms with Crippen LogP contribution in [-0.2, 0) is 34.9 Å². The van der Waals surface area contributed by atoms with Gasteiger partial charge in [0.2, 0.25) is 5.95 Å². The lowest BCUT2D eigenvalue weighted by molar-refractivity contribution is 0.0564. The average molecular weight is 665 g/mol. The monoisotopic (exact) mass is 664 g/mol. The molecule has 4 aliphatic rings. The fourth-order valence-corrected chi connectivity index (χ4v) is 10.6. The Balaban J connectivity index is 1.25. The van der Waals surface area contributed by atoms with Crippen LogP contribution in [0.4, 0.5) is 20.8 Å². The molecule has 4 fully saturated rings. The molecule has 1 aromatic carbocycles. The number of hydrogen-bond acceptors (Lipinski definition) is 12. The number of rotatable bonds is 8. The third-order valence-corrected chi connectivity index (χ3v) is 13.2. The number of amides is 1. The number of carbonyl (C=O) groups is 1. The average Bonchev–Trinajstić information content (AvgIpc) is 3.41. The molecule has 0 radical (unpaired) electrons. The molecule has 0 spiro atoms. The van der Waals surface area contributed by atoms with E-state index in [-0.39, 0.29) is 64.9 Å². The maximum Gasteiger partial charge on any atom is 0.425 e. The predicted molar refractivity (Wildman–Crippen MR) is 160 cm³/mol. The first-order chi connectivity index (χ1) is 20.9. The molecular formula is C27H29FN6O7S3. The molecule has 5 heterocycles. The van der Waals surface area contributed by atoms with E-state index < -0.39 is 32.0 Å². The second-order valence-corrected chi connectivity index (χ2v) is 16.4. The first-order valence-electron chi connectivity index (χ1n) is 14.1. The van der Waals surface area contributed by atoms with Crippen molar-refractivity contribution < 1.29 is 35.5 Å². The Hall–Kier alpha value is -3.41. The Morgan fingerprint density at radius 3 is 2.57 bits per heavy atom. The summed E-state index contributed by atoms with van der Waals surface area (Å²) in [6.45, 7) is 2.94. The number of halogens is 1. The van der Waals surface area contributed by atoms with Crippen molar-refractivity contribution in [2.24, 2.45) is 11.8 Å². The van der Waals surface area contributed by atoms with Gasteiger partial charge in [-0.2, -0.15) is 12.7 Å². The standard InChI is InChI=1S/C27H29FN6O7S3/c1-27(6-10-40-11-7-27)24-31-22(15-3-2-4-18(20(15)28)33-44(38,39)34-9-12-41-26(34)35)23(42-24)19-5-8-29-25(30-19)32-21-16-13-43(36,37)14-17(16)21/h2-5,8,16-17,21,33H,6-7,9-14H2,1H3,(H,29,30,32)/t16-,17+,21?. The van der Waals surface area contributed by atoms with Crippen LogP contribution in [0.25, 0.3) is 21.8 Å². The van der Waals surface area contributed by atoms with Crippen molar-refractivity contribution in [1.82, 2.24) is 19.3 Å². The van der Waals surface area contributed by atoms with E-state index >= 15 is 4.39 Å². The Kier molecular flexibility index (Phi) is 7.06. The van der Waals surface area contributed by atoms with Gasteiger partial charge in [-0.3, -0.25) is 4.72 Å². The van der Waals surface area contributed by atoms with Gasteiger partial charge in [0.15, 0.2) is 15.7 Å². The summed E-state index contributed by atoms with van der Waals surface area (Å²) in [7, 11) is -7.42. The number of cyclic esters (lactones) is 1. The molecule has 1 unspecified atom stereocenters. The van der Waals surface area contributed by atoms with E-state index in [1.54, 1.807) is 12.3 Å². The minimum atomic E-state index is -4.42. The maximum atomic E-state index is 16.2. The van der Waals surface area contributed by atoms with Gasteiger partial charge < -0.3 is 14.8 Å². The summed E-state index contributed by atoms with van der Waals surface area (Å²) in [5, 5.41) is 4.04. The van der Waals surface area contributed by atoms with Crippen molar-refractivity contribution in [2.75, 3.05) is 47.9 Å². The molecular weight excluding hydrogens is 636 g/mol. The van der Waals surface area contributed by atoms with Crippen LogP contribution in [-0.4, -0.2) is 86.1 Å². The lowest BCUT2D eigenvalue weighted by atomic mass is 9.83. The summed E-state index contributed by atoms with van der Waals surface area (Å²) in [6.07, 6.45) is 1.99. The highest BCUT2D eigenvalue weighted by Gasteiger charge is 2.59. The minimum Gasteiger partial charge on any atom is -0.447 e. The van der Waals surface area contributed by atoms with Crippen molar-refractivity contribution in [3.8, 4) is 21.8 Å². The van der Waals surface area contributed by atoms with Gasteiger partial charge in [-0.25, -0.2) is 32.6 Å². The summed E-state index contributed by atoms with van der Waals surface area (Å²) in [6, 6.07) is 5.95. The number of fused-ring (bicyclic) bond motifs is 1. The molecule has 13 nitrogen and oxygen atoms in total. The van der Waals surface area contributed by atoms with Gasteiger partial charge in [-0.05, 0) is 42.9 Å². The molecule has 234 valence electrons. The molecule has 7 rings (SSSR count). The quantitative estimate of drug-likeness (QED) is 0.363. The highest BCUT2D eigenvalue weighted by atomic mass is 32.2. The van der Waals surface area contributed by atoms with Gasteiger partial charge in [0, 0.05) is 36.4 Å². The number of sulfone groups is 1. The van der Waals surface area contributed by atoms with E-state index in [4.69, 9.17) is 19.4 Å². The summed E-state index contributed by atoms with van der Waals surface area (Å²) in [4.78, 5) is 26.4. The molecule has 2 N–H and O–H groups in total. The fraction of sp³-hybridized carbons (Fsp3) is 0.481. The lowest BCUT2D eigenvalue weighted by Gasteiger charge is -2.31. The highest BCUT2D eigenvalue weighted by molar-refractivity contribution is 7.91. The van der Waals surface area contributed by atoms with E-state index in [1.165, 1.54) is 29.5 Å². The van der Waals surface area contributed by atoms with Crippen molar-refractivity contribution >= 4 is 49.1 Å². The largest absolute Gasteiger partial charge is 0.447 e. The molecule has 3 aromatic rings. The van der Waals surface area contributed by atoms with Gasteiger partial charge in [-0.1, -0.05) is 13.0 Å². The van der Waals surface area contributed by atoms with Gasteiger partial charge >= 0.3 is 16.3 Å². The molecule has 0 bridgehead atoms. The molecule has 3 atom stereocenters. The molecule has 3 aliphatic heterocycles. The Morgan fingerprint density at radius 1 is 1.11 bits per heavy atom. The first-order valence-corrected chi connectivity index (χ1v) is 18.2. The molecule has 17 heteroatoms. The third kappa shape index (κ3) is 5.28. The first kappa shape index (κ1) is 29.3. The molecule has 3 saturated heterocycles. The van der Waals surface area contributed by atoms with Gasteiger partial charge in [0.1, 0.15) is 6.61 Å². The van der Waals surface area contributed by atoms with E-state index in [0.717, 1.165) is 17.8 Å². The number of aromatic nitrogens is 3. The Labute approximate surface area is 257 Å². The van der Waals surface area contributed by atoms with Crippen LogP contribution in [0.3, 0.4) is 0 Å². The molecule has 1 saturated carbocycles. The lowest BCUT2D eigenvalue weighted by Crippen LogP contribution is -2.36. The smallest absolute Gasteiger partial charge is 0.425 e. The molecule has 44 heavy (non-hydrogen) atoms. The number of thiazole rings is 1. The predicted octanol–water partition coefficient (Wildman–Crippen LogP) is 3.04. The van der Waals surface area contributed by atoms with Gasteiger partial charge in [-0.15, -0.1) is 11.3 Å². The van der Waals surface area contributed by atoms with Crippen molar-refractivity contribution in [3.63, 3.8) is 0 Å². The van der Waals surface area contributed by atoms with Crippen LogP contribution in [0.15, 0.2) is 30.5 Å². The number of anilines is 2. The third-order valence-electron chi connectivity index (χ3n) is 8.65. The van der Waals surface area contributed by atoms with Crippen LogP contribution >= 0.6 is 11.3 Å². The van der Waals surface area contributed by atoms with Gasteiger partial charge in [0.05, 0.1) is 45.0 Å². The van der Waals surface area contributed by atoms with Crippen LogP contribution in [0.1, 0.15) is 24.8 Å². The SMILES string of the molecule is CC1(c2nc(-c3cccc(NS(=O)(=O)N4CCOC4=O)c3F)c(-c3ccnc(NC4[C@H]5CS(=O)(=O)C[C@@H]45)n3)s2)CCOCC1. The highest BCUT2D eigenvalue weighted by Crippen LogP contribution is 2.49. The van der Waals surface area contributed by atoms with E-state index in [9.17, 15) is 21.6 Å². The topological polar surface area (TPSA) is 170 Å². The molecule has 1 aliphatic carbocycles. The van der Waals surface area contributed by atoms with Crippen LogP contribution in [0, 0.1) is 17.7 Å². The number of ether oxygens (including phenoxy) is 2. The fourth-order valence-electron chi connectivity index (χ4n) is 6.03. The zero-order valence-electron chi connectivity index (χ0n) is 23.5. The Bertz CT molecular complexity index is 1840. The Morgan fingerprint density at radius 2 is 1.86 bits per heavy atom. The van der Waals surface area contributed by atoms with Crippen molar-refractivity contribution in [1.29, 1.82) is 0 Å².